The summed E-state index contributed by atoms with van der Waals surface area (Å²) in [6, 6.07) is 16.8. The van der Waals surface area contributed by atoms with Gasteiger partial charge in [-0.1, -0.05) is 29.8 Å². The van der Waals surface area contributed by atoms with Gasteiger partial charge in [-0.3, -0.25) is 9.59 Å². The van der Waals surface area contributed by atoms with Gasteiger partial charge in [-0.15, -0.1) is 0 Å². The van der Waals surface area contributed by atoms with Crippen molar-refractivity contribution in [2.75, 3.05) is 33.2 Å². The summed E-state index contributed by atoms with van der Waals surface area (Å²) in [6.45, 7) is 5.17. The molecule has 2 amide bonds. The molecule has 2 aromatic rings. The van der Waals surface area contributed by atoms with Crippen LogP contribution >= 0.6 is 0 Å². The predicted molar refractivity (Wildman–Crippen MR) is 128 cm³/mol. The van der Waals surface area contributed by atoms with Crippen molar-refractivity contribution in [1.82, 2.24) is 15.1 Å². The lowest BCUT2D eigenvalue weighted by Gasteiger charge is -2.35. The Labute approximate surface area is 196 Å². The van der Waals surface area contributed by atoms with Crippen molar-refractivity contribution in [3.8, 4) is 6.07 Å². The Morgan fingerprint density at radius 2 is 1.73 bits per heavy atom. The fourth-order valence-electron chi connectivity index (χ4n) is 4.61. The molecule has 1 N–H and O–H groups in total. The van der Waals surface area contributed by atoms with E-state index in [9.17, 15) is 9.59 Å². The molecule has 3 atom stereocenters. The molecular formula is C27H32N4O2. The molecule has 0 aromatic heterocycles. The first-order chi connectivity index (χ1) is 15.9. The summed E-state index contributed by atoms with van der Waals surface area (Å²) >= 11 is 0. The van der Waals surface area contributed by atoms with Crippen molar-refractivity contribution in [2.45, 2.75) is 38.1 Å². The zero-order valence-electron chi connectivity index (χ0n) is 19.5. The highest BCUT2D eigenvalue weighted by Crippen LogP contribution is 2.50. The molecule has 0 spiro atoms. The van der Waals surface area contributed by atoms with Crippen LogP contribution in [0.2, 0.25) is 0 Å². The average molecular weight is 445 g/mol. The van der Waals surface area contributed by atoms with Gasteiger partial charge in [0.1, 0.15) is 6.04 Å². The van der Waals surface area contributed by atoms with Crippen molar-refractivity contribution < 1.29 is 9.59 Å². The Morgan fingerprint density at radius 3 is 2.36 bits per heavy atom. The first-order valence-corrected chi connectivity index (χ1v) is 11.8. The standard InChI is InChI=1S/C27H32N4O2/c1-19-3-7-21(8-4-19)24-17-23(24)11-12-25(27(33)31-15-13-30(2)14-16-31)29-26(32)22-9-5-20(18-28)6-10-22/h3-10,23-25H,11-17H2,1-2H3,(H,29,32)/t23-,24+,25?/m1/s1. The second-order valence-corrected chi connectivity index (χ2v) is 9.43. The first kappa shape index (κ1) is 23.0. The van der Waals surface area contributed by atoms with Gasteiger partial charge < -0.3 is 15.1 Å². The van der Waals surface area contributed by atoms with Crippen molar-refractivity contribution in [3.05, 3.63) is 70.8 Å². The summed E-state index contributed by atoms with van der Waals surface area (Å²) in [5, 5.41) is 12.0. The Morgan fingerprint density at radius 1 is 1.06 bits per heavy atom. The van der Waals surface area contributed by atoms with Crippen LogP contribution in [-0.2, 0) is 4.79 Å². The average Bonchev–Trinajstić information content (AvgIpc) is 3.62. The number of hydrogen-bond acceptors (Lipinski definition) is 4. The quantitative estimate of drug-likeness (QED) is 0.711. The Kier molecular flexibility index (Phi) is 7.10. The van der Waals surface area contributed by atoms with Crippen LogP contribution in [0, 0.1) is 24.2 Å². The number of carbonyl (C=O) groups is 2. The van der Waals surface area contributed by atoms with E-state index in [-0.39, 0.29) is 11.8 Å². The topological polar surface area (TPSA) is 76.4 Å². The summed E-state index contributed by atoms with van der Waals surface area (Å²) in [6.07, 6.45) is 2.69. The third kappa shape index (κ3) is 5.80. The molecule has 1 saturated heterocycles. The molecule has 4 rings (SSSR count). The number of nitriles is 1. The third-order valence-corrected chi connectivity index (χ3v) is 6.95. The molecule has 2 fully saturated rings. The molecule has 2 aliphatic rings. The number of nitrogens with one attached hydrogen (secondary N) is 1. The van der Waals surface area contributed by atoms with E-state index in [1.807, 2.05) is 4.90 Å². The van der Waals surface area contributed by atoms with Gasteiger partial charge >= 0.3 is 0 Å². The molecule has 1 saturated carbocycles. The molecule has 2 aromatic carbocycles. The molecule has 6 nitrogen and oxygen atoms in total. The molecule has 1 aliphatic heterocycles. The van der Waals surface area contributed by atoms with E-state index in [2.05, 4.69) is 54.5 Å². The van der Waals surface area contributed by atoms with E-state index in [0.29, 0.717) is 42.5 Å². The van der Waals surface area contributed by atoms with Crippen LogP contribution in [0.1, 0.15) is 52.2 Å². The summed E-state index contributed by atoms with van der Waals surface area (Å²) in [5.74, 6) is 0.858. The van der Waals surface area contributed by atoms with Gasteiger partial charge in [0.2, 0.25) is 5.91 Å². The zero-order valence-corrected chi connectivity index (χ0v) is 19.5. The van der Waals surface area contributed by atoms with Crippen molar-refractivity contribution in [2.24, 2.45) is 5.92 Å². The van der Waals surface area contributed by atoms with Gasteiger partial charge in [-0.2, -0.15) is 5.26 Å². The number of likely N-dealkylation sites (N-methyl/N-ethyl adjacent to an activating group) is 1. The van der Waals surface area contributed by atoms with E-state index in [1.165, 1.54) is 11.1 Å². The maximum Gasteiger partial charge on any atom is 0.251 e. The van der Waals surface area contributed by atoms with E-state index in [1.54, 1.807) is 24.3 Å². The molecule has 0 bridgehead atoms. The smallest absolute Gasteiger partial charge is 0.251 e. The molecule has 172 valence electrons. The molecule has 1 aliphatic carbocycles. The van der Waals surface area contributed by atoms with Crippen molar-refractivity contribution >= 4 is 11.8 Å². The van der Waals surface area contributed by atoms with E-state index < -0.39 is 6.04 Å². The van der Waals surface area contributed by atoms with Gasteiger partial charge in [0.15, 0.2) is 0 Å². The van der Waals surface area contributed by atoms with Crippen LogP contribution < -0.4 is 5.32 Å². The summed E-state index contributed by atoms with van der Waals surface area (Å²) in [4.78, 5) is 30.3. The highest BCUT2D eigenvalue weighted by molar-refractivity contribution is 5.97. The Bertz CT molecular complexity index is 1020. The van der Waals surface area contributed by atoms with Crippen LogP contribution in [0.15, 0.2) is 48.5 Å². The van der Waals surface area contributed by atoms with Gasteiger partial charge in [0.05, 0.1) is 11.6 Å². The summed E-state index contributed by atoms with van der Waals surface area (Å²) in [7, 11) is 2.06. The van der Waals surface area contributed by atoms with Gasteiger partial charge in [-0.25, -0.2) is 0 Å². The number of hydrogen-bond donors (Lipinski definition) is 1. The normalized spacial score (nSPS) is 21.2. The SMILES string of the molecule is Cc1ccc([C@@H]2C[C@H]2CCC(NC(=O)c2ccc(C#N)cc2)C(=O)N2CCN(C)CC2)cc1. The zero-order chi connectivity index (χ0) is 23.4. The maximum atomic E-state index is 13.3. The van der Waals surface area contributed by atoms with E-state index in [0.717, 1.165) is 25.9 Å². The highest BCUT2D eigenvalue weighted by Gasteiger charge is 2.39. The van der Waals surface area contributed by atoms with Crippen LogP contribution in [0.5, 0.6) is 0 Å². The molecule has 6 heteroatoms. The number of amides is 2. The molecule has 33 heavy (non-hydrogen) atoms. The van der Waals surface area contributed by atoms with Crippen LogP contribution in [0.4, 0.5) is 0 Å². The van der Waals surface area contributed by atoms with E-state index in [4.69, 9.17) is 5.26 Å². The minimum absolute atomic E-state index is 0.0117. The Balaban J connectivity index is 1.40. The monoisotopic (exact) mass is 444 g/mol. The minimum Gasteiger partial charge on any atom is -0.340 e. The highest BCUT2D eigenvalue weighted by atomic mass is 16.2. The lowest BCUT2D eigenvalue weighted by Crippen LogP contribution is -2.54. The first-order valence-electron chi connectivity index (χ1n) is 11.8. The lowest BCUT2D eigenvalue weighted by molar-refractivity contribution is -0.135. The fraction of sp³-hybridized carbons (Fsp3) is 0.444. The van der Waals surface area contributed by atoms with Gasteiger partial charge in [-0.05, 0) is 74.9 Å². The van der Waals surface area contributed by atoms with Crippen LogP contribution in [0.3, 0.4) is 0 Å². The number of benzene rings is 2. The number of piperazine rings is 1. The fourth-order valence-corrected chi connectivity index (χ4v) is 4.61. The summed E-state index contributed by atoms with van der Waals surface area (Å²) in [5.41, 5.74) is 3.61. The number of aryl methyl sites for hydroxylation is 1. The van der Waals surface area contributed by atoms with Gasteiger partial charge in [0.25, 0.3) is 5.91 Å². The van der Waals surface area contributed by atoms with Crippen molar-refractivity contribution in [3.63, 3.8) is 0 Å². The molecule has 1 unspecified atom stereocenters. The molecule has 0 radical (unpaired) electrons. The van der Waals surface area contributed by atoms with E-state index >= 15 is 0 Å². The molecular weight excluding hydrogens is 412 g/mol. The number of nitrogens with zero attached hydrogens (tertiary/aromatic N) is 3. The van der Waals surface area contributed by atoms with Crippen LogP contribution in [0.25, 0.3) is 0 Å². The Hall–Kier alpha value is -3.17. The predicted octanol–water partition coefficient (Wildman–Crippen LogP) is 3.32. The lowest BCUT2D eigenvalue weighted by atomic mass is 10.0. The van der Waals surface area contributed by atoms with Crippen molar-refractivity contribution in [1.29, 1.82) is 5.26 Å². The van der Waals surface area contributed by atoms with Gasteiger partial charge in [0, 0.05) is 31.7 Å². The third-order valence-electron chi connectivity index (χ3n) is 6.95. The largest absolute Gasteiger partial charge is 0.340 e. The van der Waals surface area contributed by atoms with Crippen LogP contribution in [-0.4, -0.2) is 60.9 Å². The number of carbonyl (C=O) groups excluding carboxylic acids is 2. The molecule has 1 heterocycles. The number of rotatable bonds is 7. The minimum atomic E-state index is -0.532. The second-order valence-electron chi connectivity index (χ2n) is 9.43. The second kappa shape index (κ2) is 10.2. The maximum absolute atomic E-state index is 13.3. The summed E-state index contributed by atoms with van der Waals surface area (Å²) < 4.78 is 0.